The van der Waals surface area contributed by atoms with Gasteiger partial charge in [-0.2, -0.15) is 0 Å². The fraction of sp³-hybridized carbons (Fsp3) is 0.933. The summed E-state index contributed by atoms with van der Waals surface area (Å²) in [7, 11) is 2.09. The monoisotopic (exact) mass is 286 g/mol. The van der Waals surface area contributed by atoms with Gasteiger partial charge in [-0.25, -0.2) is 0 Å². The fourth-order valence-corrected chi connectivity index (χ4v) is 2.94. The lowest BCUT2D eigenvalue weighted by molar-refractivity contribution is -0.145. The van der Waals surface area contributed by atoms with Gasteiger partial charge in [-0.15, -0.1) is 0 Å². The van der Waals surface area contributed by atoms with Gasteiger partial charge in [-0.1, -0.05) is 13.8 Å². The van der Waals surface area contributed by atoms with Crippen molar-refractivity contribution in [2.24, 2.45) is 0 Å². The van der Waals surface area contributed by atoms with Crippen molar-refractivity contribution < 1.29 is 14.6 Å². The van der Waals surface area contributed by atoms with Crippen LogP contribution in [0.4, 0.5) is 0 Å². The van der Waals surface area contributed by atoms with Crippen LogP contribution in [0.15, 0.2) is 0 Å². The molecule has 0 saturated carbocycles. The van der Waals surface area contributed by atoms with Crippen molar-refractivity contribution in [2.45, 2.75) is 57.6 Å². The third kappa shape index (κ3) is 5.04. The molecule has 20 heavy (non-hydrogen) atoms. The summed E-state index contributed by atoms with van der Waals surface area (Å²) in [5, 5.41) is 12.6. The highest BCUT2D eigenvalue weighted by molar-refractivity contribution is 5.78. The molecule has 2 N–H and O–H groups in total. The van der Waals surface area contributed by atoms with Crippen molar-refractivity contribution in [1.29, 1.82) is 0 Å². The molecule has 5 heteroatoms. The molecular formula is C15H30N2O3. The highest BCUT2D eigenvalue weighted by Gasteiger charge is 2.35. The Kier molecular flexibility index (Phi) is 7.48. The zero-order valence-corrected chi connectivity index (χ0v) is 13.2. The van der Waals surface area contributed by atoms with E-state index in [-0.39, 0.29) is 0 Å². The molecule has 0 amide bonds. The van der Waals surface area contributed by atoms with Crippen molar-refractivity contribution in [3.8, 4) is 0 Å². The van der Waals surface area contributed by atoms with Gasteiger partial charge >= 0.3 is 5.97 Å². The van der Waals surface area contributed by atoms with Crippen molar-refractivity contribution >= 4 is 5.97 Å². The van der Waals surface area contributed by atoms with Crippen LogP contribution < -0.4 is 5.32 Å². The Hall–Kier alpha value is -0.650. The summed E-state index contributed by atoms with van der Waals surface area (Å²) in [4.78, 5) is 13.8. The quantitative estimate of drug-likeness (QED) is 0.640. The summed E-state index contributed by atoms with van der Waals surface area (Å²) in [5.74, 6) is -0.733. The number of hydrogen-bond donors (Lipinski definition) is 2. The van der Waals surface area contributed by atoms with Gasteiger partial charge in [0.25, 0.3) is 0 Å². The first-order valence-electron chi connectivity index (χ1n) is 7.82. The lowest BCUT2D eigenvalue weighted by atomic mass is 9.90. The Balaban J connectivity index is 2.33. The van der Waals surface area contributed by atoms with Gasteiger partial charge in [-0.05, 0) is 52.2 Å². The highest BCUT2D eigenvalue weighted by Crippen LogP contribution is 2.19. The highest BCUT2D eigenvalue weighted by atomic mass is 16.5. The third-order valence-corrected chi connectivity index (χ3v) is 4.21. The topological polar surface area (TPSA) is 61.8 Å². The van der Waals surface area contributed by atoms with Gasteiger partial charge in [-0.3, -0.25) is 4.79 Å². The van der Waals surface area contributed by atoms with Gasteiger partial charge in [0.15, 0.2) is 0 Å². The standard InChI is InChI=1S/C15H30N2O3/c1-4-15(14(18)19,16-5-2)9-7-10-17(3)12-13-8-6-11-20-13/h13,16H,4-12H2,1-3H3,(H,18,19). The summed E-state index contributed by atoms with van der Waals surface area (Å²) in [5.41, 5.74) is -0.764. The van der Waals surface area contributed by atoms with Gasteiger partial charge in [0.1, 0.15) is 5.54 Å². The molecule has 0 aliphatic carbocycles. The van der Waals surface area contributed by atoms with Crippen LogP contribution in [0.2, 0.25) is 0 Å². The number of likely N-dealkylation sites (N-methyl/N-ethyl adjacent to an activating group) is 2. The first-order valence-corrected chi connectivity index (χ1v) is 7.82. The van der Waals surface area contributed by atoms with E-state index in [0.717, 1.165) is 39.0 Å². The van der Waals surface area contributed by atoms with Crippen LogP contribution in [-0.4, -0.2) is 60.9 Å². The third-order valence-electron chi connectivity index (χ3n) is 4.21. The van der Waals surface area contributed by atoms with E-state index in [2.05, 4.69) is 17.3 Å². The van der Waals surface area contributed by atoms with E-state index < -0.39 is 11.5 Å². The van der Waals surface area contributed by atoms with E-state index >= 15 is 0 Å². The normalized spacial score (nSPS) is 22.1. The predicted octanol–water partition coefficient (Wildman–Crippen LogP) is 1.72. The molecule has 0 aromatic heterocycles. The second-order valence-electron chi connectivity index (χ2n) is 5.77. The van der Waals surface area contributed by atoms with Crippen LogP contribution in [0.25, 0.3) is 0 Å². The van der Waals surface area contributed by atoms with E-state index in [1.165, 1.54) is 0 Å². The van der Waals surface area contributed by atoms with Crippen molar-refractivity contribution in [3.05, 3.63) is 0 Å². The molecule has 0 aromatic carbocycles. The Morgan fingerprint density at radius 1 is 1.50 bits per heavy atom. The predicted molar refractivity (Wildman–Crippen MR) is 80.0 cm³/mol. The van der Waals surface area contributed by atoms with Gasteiger partial charge in [0, 0.05) is 13.2 Å². The maximum absolute atomic E-state index is 11.5. The van der Waals surface area contributed by atoms with Crippen LogP contribution in [0, 0.1) is 0 Å². The molecule has 0 aromatic rings. The number of nitrogens with zero attached hydrogens (tertiary/aromatic N) is 1. The number of carboxylic acid groups (broad SMARTS) is 1. The molecule has 5 nitrogen and oxygen atoms in total. The van der Waals surface area contributed by atoms with E-state index in [9.17, 15) is 9.90 Å². The Bertz CT molecular complexity index is 293. The second-order valence-corrected chi connectivity index (χ2v) is 5.77. The number of ether oxygens (including phenoxy) is 1. The Labute approximate surface area is 122 Å². The van der Waals surface area contributed by atoms with E-state index in [1.54, 1.807) is 0 Å². The van der Waals surface area contributed by atoms with Gasteiger partial charge in [0.2, 0.25) is 0 Å². The van der Waals surface area contributed by atoms with Crippen molar-refractivity contribution in [1.82, 2.24) is 10.2 Å². The van der Waals surface area contributed by atoms with Gasteiger partial charge < -0.3 is 20.1 Å². The minimum atomic E-state index is -0.764. The minimum absolute atomic E-state index is 0.365. The maximum Gasteiger partial charge on any atom is 0.323 e. The number of nitrogens with one attached hydrogen (secondary N) is 1. The maximum atomic E-state index is 11.5. The number of aliphatic carboxylic acids is 1. The number of carbonyl (C=O) groups is 1. The number of rotatable bonds is 10. The lowest BCUT2D eigenvalue weighted by Gasteiger charge is -2.30. The zero-order chi connectivity index (χ0) is 15.0. The minimum Gasteiger partial charge on any atom is -0.480 e. The van der Waals surface area contributed by atoms with Crippen molar-refractivity contribution in [2.75, 3.05) is 33.3 Å². The summed E-state index contributed by atoms with van der Waals surface area (Å²) in [6.45, 7) is 7.33. The summed E-state index contributed by atoms with van der Waals surface area (Å²) in [6, 6.07) is 0. The smallest absolute Gasteiger partial charge is 0.323 e. The first-order chi connectivity index (χ1) is 9.54. The van der Waals surface area contributed by atoms with Gasteiger partial charge in [0.05, 0.1) is 6.10 Å². The van der Waals surface area contributed by atoms with Crippen LogP contribution >= 0.6 is 0 Å². The summed E-state index contributed by atoms with van der Waals surface area (Å²) >= 11 is 0. The van der Waals surface area contributed by atoms with Crippen molar-refractivity contribution in [3.63, 3.8) is 0 Å². The number of carboxylic acids is 1. The van der Waals surface area contributed by atoms with E-state index in [1.807, 2.05) is 13.8 Å². The molecule has 0 radical (unpaired) electrons. The fourth-order valence-electron chi connectivity index (χ4n) is 2.94. The molecule has 0 spiro atoms. The molecular weight excluding hydrogens is 256 g/mol. The Morgan fingerprint density at radius 3 is 2.75 bits per heavy atom. The van der Waals surface area contributed by atoms with E-state index in [0.29, 0.717) is 25.5 Å². The molecule has 1 aliphatic rings. The molecule has 1 aliphatic heterocycles. The molecule has 1 fully saturated rings. The summed E-state index contributed by atoms with van der Waals surface area (Å²) in [6.07, 6.45) is 4.85. The molecule has 1 heterocycles. The molecule has 2 unspecified atom stereocenters. The largest absolute Gasteiger partial charge is 0.480 e. The van der Waals surface area contributed by atoms with Crippen LogP contribution in [0.5, 0.6) is 0 Å². The first kappa shape index (κ1) is 17.4. The van der Waals surface area contributed by atoms with Crippen LogP contribution in [0.3, 0.4) is 0 Å². The van der Waals surface area contributed by atoms with Crippen LogP contribution in [0.1, 0.15) is 46.0 Å². The average Bonchev–Trinajstić information content (AvgIpc) is 2.90. The molecule has 1 rings (SSSR count). The average molecular weight is 286 g/mol. The van der Waals surface area contributed by atoms with Crippen LogP contribution in [-0.2, 0) is 9.53 Å². The molecule has 1 saturated heterocycles. The SMILES string of the molecule is CCNC(CC)(CCCN(C)CC1CCCO1)C(=O)O. The molecule has 2 atom stereocenters. The second kappa shape index (κ2) is 8.60. The molecule has 0 bridgehead atoms. The Morgan fingerprint density at radius 2 is 2.25 bits per heavy atom. The summed E-state index contributed by atoms with van der Waals surface area (Å²) < 4.78 is 5.62. The molecule has 118 valence electrons. The zero-order valence-electron chi connectivity index (χ0n) is 13.2. The van der Waals surface area contributed by atoms with E-state index in [4.69, 9.17) is 4.74 Å². The number of hydrogen-bond acceptors (Lipinski definition) is 4. The lowest BCUT2D eigenvalue weighted by Crippen LogP contribution is -2.52.